The molecule has 0 saturated heterocycles. The molecule has 0 aromatic heterocycles. The second-order valence-electron chi connectivity index (χ2n) is 5.02. The monoisotopic (exact) mass is 319 g/mol. The van der Waals surface area contributed by atoms with Crippen molar-refractivity contribution < 1.29 is 4.39 Å². The Hall–Kier alpha value is -2.07. The molecule has 0 fully saturated rings. The lowest BCUT2D eigenvalue weighted by Gasteiger charge is -2.14. The van der Waals surface area contributed by atoms with Crippen molar-refractivity contribution in [2.75, 3.05) is 18.9 Å². The van der Waals surface area contributed by atoms with Gasteiger partial charge in [0, 0.05) is 24.3 Å². The quantitative estimate of drug-likeness (QED) is 0.610. The molecule has 0 aliphatic carbocycles. The van der Waals surface area contributed by atoms with Gasteiger partial charge in [-0.3, -0.25) is 0 Å². The summed E-state index contributed by atoms with van der Waals surface area (Å²) in [6.07, 6.45) is 1.76. The number of hydrogen-bond donors (Lipinski definition) is 1. The summed E-state index contributed by atoms with van der Waals surface area (Å²) in [6.45, 7) is 4.84. The van der Waals surface area contributed by atoms with Gasteiger partial charge in [0.2, 0.25) is 0 Å². The van der Waals surface area contributed by atoms with Crippen molar-refractivity contribution in [2.24, 2.45) is 4.99 Å². The van der Waals surface area contributed by atoms with Gasteiger partial charge in [-0.05, 0) is 43.7 Å². The number of rotatable bonds is 5. The Bertz CT molecular complexity index is 686. The minimum absolute atomic E-state index is 0.308. The molecule has 0 heterocycles. The molecule has 5 heteroatoms. The van der Waals surface area contributed by atoms with E-state index in [1.807, 2.05) is 25.8 Å². The van der Waals surface area contributed by atoms with Crippen molar-refractivity contribution in [3.8, 4) is 0 Å². The summed E-state index contributed by atoms with van der Waals surface area (Å²) >= 11 is 6.16. The molecule has 2 rings (SSSR count). The van der Waals surface area contributed by atoms with E-state index in [9.17, 15) is 4.39 Å². The molecular weight excluding hydrogens is 301 g/mol. The zero-order chi connectivity index (χ0) is 16.1. The van der Waals surface area contributed by atoms with Gasteiger partial charge in [-0.25, -0.2) is 9.38 Å². The lowest BCUT2D eigenvalue weighted by molar-refractivity contribution is 0.552. The molecule has 22 heavy (non-hydrogen) atoms. The highest BCUT2D eigenvalue weighted by Crippen LogP contribution is 2.32. The minimum atomic E-state index is -0.308. The van der Waals surface area contributed by atoms with Crippen LogP contribution in [0.2, 0.25) is 5.02 Å². The first kappa shape index (κ1) is 16.3. The van der Waals surface area contributed by atoms with Gasteiger partial charge < -0.3 is 10.2 Å². The molecular formula is C17H19ClFN3. The molecule has 116 valence electrons. The van der Waals surface area contributed by atoms with Crippen molar-refractivity contribution in [2.45, 2.75) is 13.8 Å². The number of hydrogen-bond acceptors (Lipinski definition) is 2. The number of anilines is 2. The SMILES string of the molecule is CCN(C)C=Nc1cc(Cl)cc(Nc2ccccc2F)c1C. The Labute approximate surface area is 135 Å². The first-order chi connectivity index (χ1) is 10.5. The Morgan fingerprint density at radius 1 is 1.27 bits per heavy atom. The van der Waals surface area contributed by atoms with E-state index in [1.165, 1.54) is 6.07 Å². The lowest BCUT2D eigenvalue weighted by Crippen LogP contribution is -2.14. The molecule has 0 aliphatic heterocycles. The van der Waals surface area contributed by atoms with Crippen LogP contribution in [0.1, 0.15) is 12.5 Å². The summed E-state index contributed by atoms with van der Waals surface area (Å²) < 4.78 is 13.8. The van der Waals surface area contributed by atoms with Crippen molar-refractivity contribution in [3.63, 3.8) is 0 Å². The van der Waals surface area contributed by atoms with Crippen LogP contribution in [-0.2, 0) is 0 Å². The molecule has 3 nitrogen and oxygen atoms in total. The number of halogens is 2. The molecule has 1 N–H and O–H groups in total. The normalized spacial score (nSPS) is 11.0. The number of aliphatic imine (C=N–C) groups is 1. The summed E-state index contributed by atoms with van der Waals surface area (Å²) in [5.74, 6) is -0.308. The third kappa shape index (κ3) is 3.98. The fourth-order valence-corrected chi connectivity index (χ4v) is 2.09. The fourth-order valence-electron chi connectivity index (χ4n) is 1.88. The van der Waals surface area contributed by atoms with Crippen LogP contribution in [0.15, 0.2) is 41.4 Å². The highest BCUT2D eigenvalue weighted by Gasteiger charge is 2.08. The van der Waals surface area contributed by atoms with Gasteiger partial charge >= 0.3 is 0 Å². The van der Waals surface area contributed by atoms with Gasteiger partial charge in [0.15, 0.2) is 0 Å². The molecule has 0 spiro atoms. The molecule has 0 bridgehead atoms. The van der Waals surface area contributed by atoms with Crippen LogP contribution in [0, 0.1) is 12.7 Å². The first-order valence-corrected chi connectivity index (χ1v) is 7.45. The van der Waals surface area contributed by atoms with E-state index in [1.54, 1.807) is 36.7 Å². The summed E-state index contributed by atoms with van der Waals surface area (Å²) in [7, 11) is 1.95. The predicted octanol–water partition coefficient (Wildman–Crippen LogP) is 5.14. The zero-order valence-corrected chi connectivity index (χ0v) is 13.7. The van der Waals surface area contributed by atoms with E-state index >= 15 is 0 Å². The molecule has 0 saturated carbocycles. The Balaban J connectivity index is 2.35. The summed E-state index contributed by atoms with van der Waals surface area (Å²) in [6, 6.07) is 10.1. The Kier molecular flexibility index (Phi) is 5.39. The molecule has 0 atom stereocenters. The third-order valence-electron chi connectivity index (χ3n) is 3.38. The van der Waals surface area contributed by atoms with E-state index in [0.717, 1.165) is 23.5 Å². The molecule has 2 aromatic rings. The van der Waals surface area contributed by atoms with Crippen LogP contribution in [0.5, 0.6) is 0 Å². The molecule has 0 aliphatic rings. The van der Waals surface area contributed by atoms with Crippen molar-refractivity contribution >= 4 is 35.0 Å². The average molecular weight is 320 g/mol. The second kappa shape index (κ2) is 7.27. The van der Waals surface area contributed by atoms with Gasteiger partial charge in [0.1, 0.15) is 5.82 Å². The maximum absolute atomic E-state index is 13.8. The standard InChI is InChI=1S/C17H19ClFN3/c1-4-22(3)11-20-16-9-13(18)10-17(12(16)2)21-15-8-6-5-7-14(15)19/h5-11,21H,4H2,1-3H3. The fraction of sp³-hybridized carbons (Fsp3) is 0.235. The molecule has 0 amide bonds. The van der Waals surface area contributed by atoms with Crippen molar-refractivity contribution in [3.05, 3.63) is 52.8 Å². The van der Waals surface area contributed by atoms with Crippen LogP contribution in [-0.4, -0.2) is 24.8 Å². The van der Waals surface area contributed by atoms with Crippen LogP contribution in [0.25, 0.3) is 0 Å². The third-order valence-corrected chi connectivity index (χ3v) is 3.60. The van der Waals surface area contributed by atoms with E-state index < -0.39 is 0 Å². The van der Waals surface area contributed by atoms with Gasteiger partial charge in [0.05, 0.1) is 17.7 Å². The number of nitrogens with one attached hydrogen (secondary N) is 1. The summed E-state index contributed by atoms with van der Waals surface area (Å²) in [4.78, 5) is 6.41. The summed E-state index contributed by atoms with van der Waals surface area (Å²) in [5, 5.41) is 3.63. The van der Waals surface area contributed by atoms with Crippen LogP contribution < -0.4 is 5.32 Å². The summed E-state index contributed by atoms with van der Waals surface area (Å²) in [5.41, 5.74) is 2.82. The van der Waals surface area contributed by atoms with E-state index in [0.29, 0.717) is 10.7 Å². The maximum Gasteiger partial charge on any atom is 0.146 e. The Morgan fingerprint density at radius 3 is 2.68 bits per heavy atom. The van der Waals surface area contributed by atoms with Crippen molar-refractivity contribution in [1.82, 2.24) is 4.90 Å². The lowest BCUT2D eigenvalue weighted by atomic mass is 10.1. The number of para-hydroxylation sites is 1. The van der Waals surface area contributed by atoms with Crippen LogP contribution in [0.3, 0.4) is 0 Å². The maximum atomic E-state index is 13.8. The minimum Gasteiger partial charge on any atom is -0.366 e. The van der Waals surface area contributed by atoms with Crippen LogP contribution in [0.4, 0.5) is 21.5 Å². The molecule has 0 unspecified atom stereocenters. The van der Waals surface area contributed by atoms with Gasteiger partial charge in [-0.2, -0.15) is 0 Å². The predicted molar refractivity (Wildman–Crippen MR) is 92.3 cm³/mol. The topological polar surface area (TPSA) is 27.6 Å². The largest absolute Gasteiger partial charge is 0.366 e. The second-order valence-corrected chi connectivity index (χ2v) is 5.46. The molecule has 2 aromatic carbocycles. The first-order valence-electron chi connectivity index (χ1n) is 7.07. The van der Waals surface area contributed by atoms with E-state index in [4.69, 9.17) is 11.6 Å². The van der Waals surface area contributed by atoms with Gasteiger partial charge in [-0.15, -0.1) is 0 Å². The van der Waals surface area contributed by atoms with E-state index in [2.05, 4.69) is 10.3 Å². The van der Waals surface area contributed by atoms with Gasteiger partial charge in [-0.1, -0.05) is 23.7 Å². The van der Waals surface area contributed by atoms with Crippen molar-refractivity contribution in [1.29, 1.82) is 0 Å². The average Bonchev–Trinajstić information content (AvgIpc) is 2.50. The highest BCUT2D eigenvalue weighted by molar-refractivity contribution is 6.31. The highest BCUT2D eigenvalue weighted by atomic mass is 35.5. The van der Waals surface area contributed by atoms with Crippen LogP contribution >= 0.6 is 11.6 Å². The van der Waals surface area contributed by atoms with E-state index in [-0.39, 0.29) is 5.82 Å². The molecule has 0 radical (unpaired) electrons. The number of benzene rings is 2. The zero-order valence-electron chi connectivity index (χ0n) is 12.9. The Morgan fingerprint density at radius 2 is 2.00 bits per heavy atom. The number of nitrogens with zero attached hydrogens (tertiary/aromatic N) is 2. The smallest absolute Gasteiger partial charge is 0.146 e. The van der Waals surface area contributed by atoms with Gasteiger partial charge in [0.25, 0.3) is 0 Å².